The summed E-state index contributed by atoms with van der Waals surface area (Å²) in [7, 11) is 1.24. The standard InChI is InChI=1S/C13H9N3O3S/c1-19-13(18)11-15-12(20-16-11)10(17)8-6-14-9-5-3-2-4-7(8)9/h2-6,14H,1H3. The lowest BCUT2D eigenvalue weighted by Gasteiger charge is -1.94. The minimum absolute atomic E-state index is 0.0966. The number of ether oxygens (including phenoxy) is 1. The molecule has 0 aliphatic carbocycles. The number of H-pyrrole nitrogens is 1. The maximum absolute atomic E-state index is 12.4. The molecule has 2 heterocycles. The molecule has 20 heavy (non-hydrogen) atoms. The molecule has 0 aliphatic heterocycles. The van der Waals surface area contributed by atoms with E-state index < -0.39 is 5.97 Å². The molecule has 3 rings (SSSR count). The summed E-state index contributed by atoms with van der Waals surface area (Å²) in [4.78, 5) is 30.6. The monoisotopic (exact) mass is 287 g/mol. The van der Waals surface area contributed by atoms with Gasteiger partial charge in [0.1, 0.15) is 0 Å². The SMILES string of the molecule is COC(=O)c1nsc(C(=O)c2c[nH]c3ccccc23)n1. The van der Waals surface area contributed by atoms with Gasteiger partial charge in [-0.3, -0.25) is 4.79 Å². The summed E-state index contributed by atoms with van der Waals surface area (Å²) in [6.07, 6.45) is 1.63. The largest absolute Gasteiger partial charge is 0.463 e. The average molecular weight is 287 g/mol. The predicted molar refractivity (Wildman–Crippen MR) is 73.0 cm³/mol. The first kappa shape index (κ1) is 12.5. The second-order valence-electron chi connectivity index (χ2n) is 3.99. The van der Waals surface area contributed by atoms with Crippen molar-refractivity contribution in [3.8, 4) is 0 Å². The molecular formula is C13H9N3O3S. The summed E-state index contributed by atoms with van der Waals surface area (Å²) in [6, 6.07) is 7.47. The Morgan fingerprint density at radius 1 is 1.30 bits per heavy atom. The van der Waals surface area contributed by atoms with E-state index in [2.05, 4.69) is 19.1 Å². The lowest BCUT2D eigenvalue weighted by molar-refractivity contribution is 0.0588. The molecule has 0 saturated carbocycles. The molecule has 0 bridgehead atoms. The zero-order valence-electron chi connectivity index (χ0n) is 10.4. The molecule has 0 unspecified atom stereocenters. The fourth-order valence-electron chi connectivity index (χ4n) is 1.86. The quantitative estimate of drug-likeness (QED) is 0.588. The Morgan fingerprint density at radius 3 is 2.90 bits per heavy atom. The van der Waals surface area contributed by atoms with Crippen LogP contribution in [0.3, 0.4) is 0 Å². The molecule has 7 heteroatoms. The van der Waals surface area contributed by atoms with Crippen molar-refractivity contribution in [1.29, 1.82) is 0 Å². The number of ketones is 1. The summed E-state index contributed by atoms with van der Waals surface area (Å²) in [5, 5.41) is 0.975. The van der Waals surface area contributed by atoms with Crippen LogP contribution in [-0.4, -0.2) is 33.2 Å². The van der Waals surface area contributed by atoms with Crippen molar-refractivity contribution >= 4 is 34.2 Å². The molecule has 3 aromatic rings. The predicted octanol–water partition coefficient (Wildman–Crippen LogP) is 2.04. The lowest BCUT2D eigenvalue weighted by atomic mass is 10.1. The fraction of sp³-hybridized carbons (Fsp3) is 0.0769. The molecule has 1 N–H and O–H groups in total. The van der Waals surface area contributed by atoms with Crippen molar-refractivity contribution in [2.45, 2.75) is 0 Å². The minimum atomic E-state index is -0.653. The molecule has 2 aromatic heterocycles. The highest BCUT2D eigenvalue weighted by Gasteiger charge is 2.21. The van der Waals surface area contributed by atoms with Gasteiger partial charge in [-0.15, -0.1) is 0 Å². The van der Waals surface area contributed by atoms with Crippen LogP contribution < -0.4 is 0 Å². The fourth-order valence-corrected chi connectivity index (χ4v) is 2.47. The third-order valence-corrected chi connectivity index (χ3v) is 3.54. The van der Waals surface area contributed by atoms with E-state index in [4.69, 9.17) is 0 Å². The number of aromatic amines is 1. The van der Waals surface area contributed by atoms with Gasteiger partial charge in [0.05, 0.1) is 12.7 Å². The van der Waals surface area contributed by atoms with Crippen molar-refractivity contribution in [3.63, 3.8) is 0 Å². The first-order valence-electron chi connectivity index (χ1n) is 5.73. The van der Waals surface area contributed by atoms with Crippen LogP contribution in [0.2, 0.25) is 0 Å². The summed E-state index contributed by atoms with van der Waals surface area (Å²) in [6.45, 7) is 0. The van der Waals surface area contributed by atoms with E-state index in [0.29, 0.717) is 5.56 Å². The summed E-state index contributed by atoms with van der Waals surface area (Å²) >= 11 is 0.883. The van der Waals surface area contributed by atoms with Crippen LogP contribution >= 0.6 is 11.5 Å². The lowest BCUT2D eigenvalue weighted by Crippen LogP contribution is -2.05. The van der Waals surface area contributed by atoms with Crippen molar-refractivity contribution in [3.05, 3.63) is 46.9 Å². The molecule has 0 atom stereocenters. The third-order valence-electron chi connectivity index (χ3n) is 2.82. The molecule has 1 aromatic carbocycles. The molecule has 100 valence electrons. The van der Waals surface area contributed by atoms with Crippen LogP contribution in [0.5, 0.6) is 0 Å². The number of para-hydroxylation sites is 1. The van der Waals surface area contributed by atoms with E-state index in [0.717, 1.165) is 22.4 Å². The number of hydrogen-bond acceptors (Lipinski definition) is 6. The molecule has 0 fully saturated rings. The van der Waals surface area contributed by atoms with Crippen molar-refractivity contribution in [1.82, 2.24) is 14.3 Å². The van der Waals surface area contributed by atoms with E-state index >= 15 is 0 Å². The van der Waals surface area contributed by atoms with Crippen LogP contribution in [0.1, 0.15) is 26.0 Å². The van der Waals surface area contributed by atoms with Gasteiger partial charge in [-0.2, -0.15) is 4.37 Å². The van der Waals surface area contributed by atoms with E-state index in [-0.39, 0.29) is 16.6 Å². The molecular weight excluding hydrogens is 278 g/mol. The Bertz CT molecular complexity index is 806. The van der Waals surface area contributed by atoms with Gasteiger partial charge in [-0.1, -0.05) is 18.2 Å². The highest BCUT2D eigenvalue weighted by molar-refractivity contribution is 7.08. The van der Waals surface area contributed by atoms with Gasteiger partial charge >= 0.3 is 5.97 Å². The number of aromatic nitrogens is 3. The number of benzene rings is 1. The number of nitrogens with one attached hydrogen (secondary N) is 1. The molecule has 0 spiro atoms. The first-order chi connectivity index (χ1) is 9.70. The zero-order valence-corrected chi connectivity index (χ0v) is 11.2. The van der Waals surface area contributed by atoms with Crippen molar-refractivity contribution in [2.24, 2.45) is 0 Å². The zero-order chi connectivity index (χ0) is 14.1. The van der Waals surface area contributed by atoms with Crippen LogP contribution in [0.25, 0.3) is 10.9 Å². The summed E-state index contributed by atoms with van der Waals surface area (Å²) in [5.41, 5.74) is 1.38. The normalized spacial score (nSPS) is 10.7. The van der Waals surface area contributed by atoms with Crippen LogP contribution in [0, 0.1) is 0 Å². The molecule has 0 saturated heterocycles. The number of carbonyl (C=O) groups is 2. The smallest absolute Gasteiger partial charge is 0.377 e. The maximum Gasteiger partial charge on any atom is 0.377 e. The van der Waals surface area contributed by atoms with Gasteiger partial charge in [0.2, 0.25) is 5.78 Å². The number of hydrogen-bond donors (Lipinski definition) is 1. The van der Waals surface area contributed by atoms with Gasteiger partial charge in [0.25, 0.3) is 5.82 Å². The minimum Gasteiger partial charge on any atom is -0.463 e. The van der Waals surface area contributed by atoms with Gasteiger partial charge in [-0.25, -0.2) is 9.78 Å². The van der Waals surface area contributed by atoms with Gasteiger partial charge in [-0.05, 0) is 17.6 Å². The Balaban J connectivity index is 2.00. The van der Waals surface area contributed by atoms with Crippen molar-refractivity contribution in [2.75, 3.05) is 7.11 Å². The van der Waals surface area contributed by atoms with E-state index in [1.807, 2.05) is 24.3 Å². The molecule has 0 radical (unpaired) electrons. The average Bonchev–Trinajstić information content (AvgIpc) is 3.12. The number of rotatable bonds is 3. The number of fused-ring (bicyclic) bond motifs is 1. The Hall–Kier alpha value is -2.54. The van der Waals surface area contributed by atoms with Crippen LogP contribution in [-0.2, 0) is 4.74 Å². The summed E-state index contributed by atoms with van der Waals surface area (Å²) in [5.74, 6) is -1.02. The number of esters is 1. The highest BCUT2D eigenvalue weighted by Crippen LogP contribution is 2.21. The van der Waals surface area contributed by atoms with Crippen molar-refractivity contribution < 1.29 is 14.3 Å². The summed E-state index contributed by atoms with van der Waals surface area (Å²) < 4.78 is 8.34. The van der Waals surface area contributed by atoms with E-state index in [1.165, 1.54) is 7.11 Å². The maximum atomic E-state index is 12.4. The molecule has 6 nitrogen and oxygen atoms in total. The number of carbonyl (C=O) groups excluding carboxylic acids is 2. The first-order valence-corrected chi connectivity index (χ1v) is 6.51. The molecule has 0 amide bonds. The van der Waals surface area contributed by atoms with Gasteiger partial charge < -0.3 is 9.72 Å². The topological polar surface area (TPSA) is 84.9 Å². The highest BCUT2D eigenvalue weighted by atomic mass is 32.1. The Morgan fingerprint density at radius 2 is 2.10 bits per heavy atom. The van der Waals surface area contributed by atoms with Gasteiger partial charge in [0, 0.05) is 17.1 Å². The van der Waals surface area contributed by atoms with E-state index in [9.17, 15) is 9.59 Å². The second-order valence-corrected chi connectivity index (χ2v) is 4.74. The number of nitrogens with zero attached hydrogens (tertiary/aromatic N) is 2. The van der Waals surface area contributed by atoms with Crippen LogP contribution in [0.4, 0.5) is 0 Å². The van der Waals surface area contributed by atoms with E-state index in [1.54, 1.807) is 6.20 Å². The Kier molecular flexibility index (Phi) is 3.03. The number of methoxy groups -OCH3 is 1. The third kappa shape index (κ3) is 1.97. The van der Waals surface area contributed by atoms with Crippen LogP contribution in [0.15, 0.2) is 30.5 Å². The molecule has 0 aliphatic rings. The van der Waals surface area contributed by atoms with Gasteiger partial charge in [0.15, 0.2) is 5.01 Å². The Labute approximate surface area is 117 Å². The second kappa shape index (κ2) is 4.86.